The summed E-state index contributed by atoms with van der Waals surface area (Å²) in [6.45, 7) is 0. The van der Waals surface area contributed by atoms with E-state index in [-0.39, 0.29) is 0 Å². The molecule has 0 saturated heterocycles. The van der Waals surface area contributed by atoms with Gasteiger partial charge in [-0.1, -0.05) is 206 Å². The highest BCUT2D eigenvalue weighted by Crippen LogP contribution is 2.45. The van der Waals surface area contributed by atoms with E-state index in [1.807, 2.05) is 30.3 Å². The number of furan rings is 1. The smallest absolute Gasteiger partial charge is 0.180 e. The van der Waals surface area contributed by atoms with Gasteiger partial charge in [0.15, 0.2) is 25.5 Å². The molecule has 62 heavy (non-hydrogen) atoms. The monoisotopic (exact) mass is 807 g/mol. The van der Waals surface area contributed by atoms with Gasteiger partial charge in [-0.2, -0.15) is 0 Å². The lowest BCUT2D eigenvalue weighted by Crippen LogP contribution is -2.72. The van der Waals surface area contributed by atoms with E-state index >= 15 is 0 Å². The van der Waals surface area contributed by atoms with Gasteiger partial charge in [-0.15, -0.1) is 0 Å². The molecule has 9 aromatic carbocycles. The fraction of sp³-hybridized carbons (Fsp3) is 0. The molecule has 0 spiro atoms. The van der Waals surface area contributed by atoms with Gasteiger partial charge in [0.05, 0.1) is 0 Å². The number of rotatable bonds is 7. The molecule has 1 aliphatic heterocycles. The first-order valence-electron chi connectivity index (χ1n) is 21.0. The fourth-order valence-electron chi connectivity index (χ4n) is 9.86. The van der Waals surface area contributed by atoms with Gasteiger partial charge in [0.2, 0.25) is 0 Å². The predicted octanol–water partition coefficient (Wildman–Crippen LogP) is 11.5. The Morgan fingerprint density at radius 3 is 1.44 bits per heavy atom. The molecule has 0 aliphatic carbocycles. The minimum atomic E-state index is -2.79. The third-order valence-corrected chi connectivity index (χ3v) is 17.3. The van der Waals surface area contributed by atoms with Crippen molar-refractivity contribution < 1.29 is 4.42 Å². The van der Waals surface area contributed by atoms with Gasteiger partial charge in [-0.05, 0) is 61.2 Å². The molecule has 0 radical (unpaired) electrons. The molecule has 3 heterocycles. The minimum absolute atomic E-state index is 0.595. The van der Waals surface area contributed by atoms with E-state index in [9.17, 15) is 0 Å². The summed E-state index contributed by atoms with van der Waals surface area (Å²) in [6, 6.07) is 80.0. The number of hydrogen-bond donors (Lipinski definition) is 0. The topological polar surface area (TPSA) is 51.8 Å². The quantitative estimate of drug-likeness (QED) is 0.151. The van der Waals surface area contributed by atoms with E-state index in [1.165, 1.54) is 31.9 Å². The predicted molar refractivity (Wildman–Crippen MR) is 257 cm³/mol. The summed E-state index contributed by atoms with van der Waals surface area (Å²) in [6.07, 6.45) is 0. The van der Waals surface area contributed by atoms with Gasteiger partial charge in [0.25, 0.3) is 0 Å². The summed E-state index contributed by atoms with van der Waals surface area (Å²) < 4.78 is 6.46. The second-order valence-electron chi connectivity index (χ2n) is 15.8. The first-order valence-corrected chi connectivity index (χ1v) is 23.0. The SMILES string of the molecule is c1ccc(-c2nc(-c3ccc4c(c3-c3ccccc3)-c3ccccc3[Si]4(c3ccccc3)c3ccccc3)nc(-c3ccc4oc5ccccc5c4c3-c3ccccc3)n2)cc1. The Balaban J connectivity index is 1.19. The highest BCUT2D eigenvalue weighted by atomic mass is 28.3. The van der Waals surface area contributed by atoms with Crippen LogP contribution in [0.1, 0.15) is 0 Å². The molecule has 290 valence electrons. The van der Waals surface area contributed by atoms with Crippen LogP contribution in [0.4, 0.5) is 0 Å². The highest BCUT2D eigenvalue weighted by Gasteiger charge is 2.49. The zero-order valence-electron chi connectivity index (χ0n) is 33.6. The molecule has 1 aliphatic rings. The zero-order chi connectivity index (χ0) is 41.0. The average molecular weight is 808 g/mol. The molecule has 4 nitrogen and oxygen atoms in total. The Morgan fingerprint density at radius 1 is 0.306 bits per heavy atom. The Kier molecular flexibility index (Phi) is 8.47. The normalized spacial score (nSPS) is 12.6. The van der Waals surface area contributed by atoms with Crippen LogP contribution in [-0.2, 0) is 0 Å². The summed E-state index contributed by atoms with van der Waals surface area (Å²) in [7, 11) is -2.79. The Hall–Kier alpha value is -7.99. The largest absolute Gasteiger partial charge is 0.456 e. The molecule has 0 fully saturated rings. The first-order chi connectivity index (χ1) is 30.8. The van der Waals surface area contributed by atoms with Crippen molar-refractivity contribution in [2.75, 3.05) is 0 Å². The molecule has 5 heteroatoms. The third kappa shape index (κ3) is 5.56. The Labute approximate surface area is 360 Å². The number of benzene rings is 9. The summed E-state index contributed by atoms with van der Waals surface area (Å²) in [5.74, 6) is 1.82. The zero-order valence-corrected chi connectivity index (χ0v) is 34.6. The molecule has 0 bridgehead atoms. The van der Waals surface area contributed by atoms with Crippen molar-refractivity contribution in [3.63, 3.8) is 0 Å². The van der Waals surface area contributed by atoms with Crippen molar-refractivity contribution in [3.05, 3.63) is 224 Å². The molecule has 12 rings (SSSR count). The number of fused-ring (bicyclic) bond motifs is 6. The van der Waals surface area contributed by atoms with Crippen LogP contribution >= 0.6 is 0 Å². The lowest BCUT2D eigenvalue weighted by molar-refractivity contribution is 0.669. The number of nitrogens with zero attached hydrogens (tertiary/aromatic N) is 3. The van der Waals surface area contributed by atoms with Crippen molar-refractivity contribution in [3.8, 4) is 67.5 Å². The molecular weight excluding hydrogens is 771 g/mol. The van der Waals surface area contributed by atoms with Crippen LogP contribution < -0.4 is 20.7 Å². The lowest BCUT2D eigenvalue weighted by Gasteiger charge is -2.31. The van der Waals surface area contributed by atoms with Gasteiger partial charge < -0.3 is 4.42 Å². The van der Waals surface area contributed by atoms with Crippen LogP contribution in [0.3, 0.4) is 0 Å². The molecule has 11 aromatic rings. The maximum absolute atomic E-state index is 6.46. The van der Waals surface area contributed by atoms with Gasteiger partial charge in [0, 0.05) is 38.6 Å². The molecule has 2 aromatic heterocycles. The van der Waals surface area contributed by atoms with Gasteiger partial charge in [0.1, 0.15) is 11.2 Å². The van der Waals surface area contributed by atoms with Crippen LogP contribution in [0.2, 0.25) is 0 Å². The second-order valence-corrected chi connectivity index (χ2v) is 19.5. The van der Waals surface area contributed by atoms with E-state index in [1.54, 1.807) is 0 Å². The molecule has 0 atom stereocenters. The standard InChI is InChI=1S/C57H37N3OSi/c1-6-20-38(21-7-1)51-45(34-36-48-53(51)43-30-16-18-32-47(43)61-48)56-58-55(40-24-10-3-11-25-40)59-57(60-56)46-35-37-50-54(52(46)39-22-8-2-9-23-39)44-31-17-19-33-49(44)62(50,41-26-12-4-13-27-41)42-28-14-5-15-29-42/h1-37H. The van der Waals surface area contributed by atoms with Crippen LogP contribution in [-0.4, -0.2) is 23.0 Å². The van der Waals surface area contributed by atoms with E-state index in [4.69, 9.17) is 19.4 Å². The third-order valence-electron chi connectivity index (χ3n) is 12.4. The van der Waals surface area contributed by atoms with Crippen molar-refractivity contribution in [1.82, 2.24) is 15.0 Å². The summed E-state index contributed by atoms with van der Waals surface area (Å²) in [4.78, 5) is 16.3. The summed E-state index contributed by atoms with van der Waals surface area (Å²) in [5.41, 5.74) is 11.2. The van der Waals surface area contributed by atoms with Crippen LogP contribution in [0, 0.1) is 0 Å². The minimum Gasteiger partial charge on any atom is -0.456 e. The van der Waals surface area contributed by atoms with Crippen molar-refractivity contribution >= 4 is 50.8 Å². The Bertz CT molecular complexity index is 3410. The summed E-state index contributed by atoms with van der Waals surface area (Å²) in [5, 5.41) is 7.54. The molecule has 0 N–H and O–H groups in total. The van der Waals surface area contributed by atoms with Gasteiger partial charge >= 0.3 is 0 Å². The highest BCUT2D eigenvalue weighted by molar-refractivity contribution is 7.22. The van der Waals surface area contributed by atoms with E-state index in [0.29, 0.717) is 17.5 Å². The van der Waals surface area contributed by atoms with Crippen LogP contribution in [0.5, 0.6) is 0 Å². The van der Waals surface area contributed by atoms with Crippen molar-refractivity contribution in [1.29, 1.82) is 0 Å². The van der Waals surface area contributed by atoms with E-state index < -0.39 is 8.07 Å². The summed E-state index contributed by atoms with van der Waals surface area (Å²) >= 11 is 0. The number of aromatic nitrogens is 3. The lowest BCUT2D eigenvalue weighted by atomic mass is 9.90. The molecule has 0 amide bonds. The second kappa shape index (κ2) is 14.6. The first kappa shape index (κ1) is 35.9. The van der Waals surface area contributed by atoms with Crippen molar-refractivity contribution in [2.24, 2.45) is 0 Å². The van der Waals surface area contributed by atoms with Crippen molar-refractivity contribution in [2.45, 2.75) is 0 Å². The van der Waals surface area contributed by atoms with Gasteiger partial charge in [-0.25, -0.2) is 15.0 Å². The van der Waals surface area contributed by atoms with E-state index in [2.05, 4.69) is 194 Å². The average Bonchev–Trinajstić information content (AvgIpc) is 3.89. The number of hydrogen-bond acceptors (Lipinski definition) is 4. The fourth-order valence-corrected chi connectivity index (χ4v) is 15.0. The maximum Gasteiger partial charge on any atom is 0.180 e. The molecule has 0 unspecified atom stereocenters. The Morgan fingerprint density at radius 2 is 0.790 bits per heavy atom. The maximum atomic E-state index is 6.46. The van der Waals surface area contributed by atoms with Crippen LogP contribution in [0.15, 0.2) is 229 Å². The van der Waals surface area contributed by atoms with Gasteiger partial charge in [-0.3, -0.25) is 0 Å². The van der Waals surface area contributed by atoms with Crippen LogP contribution in [0.25, 0.3) is 89.5 Å². The molecular formula is C57H37N3OSi. The molecule has 0 saturated carbocycles. The number of para-hydroxylation sites is 1. The van der Waals surface area contributed by atoms with E-state index in [0.717, 1.165) is 60.9 Å².